The van der Waals surface area contributed by atoms with Gasteiger partial charge in [-0.1, -0.05) is 62.4 Å². The number of hydrogen-bond donors (Lipinski definition) is 0. The number of hydrogen-bond acceptors (Lipinski definition) is 2. The molecular formula is C22H26N2O2. The molecule has 3 atom stereocenters. The highest BCUT2D eigenvalue weighted by Gasteiger charge is 2.49. The Hall–Kier alpha value is -2.62. The minimum Gasteiger partial charge on any atom is -0.313 e. The van der Waals surface area contributed by atoms with E-state index in [-0.39, 0.29) is 29.9 Å². The molecule has 136 valence electrons. The molecule has 1 fully saturated rings. The van der Waals surface area contributed by atoms with E-state index < -0.39 is 6.04 Å². The minimum absolute atomic E-state index is 0.00401. The summed E-state index contributed by atoms with van der Waals surface area (Å²) >= 11 is 0. The average Bonchev–Trinajstić information content (AvgIpc) is 2.93. The summed E-state index contributed by atoms with van der Waals surface area (Å²) in [5, 5.41) is 0. The third-order valence-corrected chi connectivity index (χ3v) is 5.15. The highest BCUT2D eigenvalue weighted by molar-refractivity contribution is 5.99. The van der Waals surface area contributed by atoms with Gasteiger partial charge in [-0.05, 0) is 37.5 Å². The zero-order valence-corrected chi connectivity index (χ0v) is 15.8. The van der Waals surface area contributed by atoms with Crippen LogP contribution >= 0.6 is 0 Å². The molecule has 4 nitrogen and oxygen atoms in total. The Kier molecular flexibility index (Phi) is 5.12. The molecule has 1 saturated heterocycles. The zero-order chi connectivity index (χ0) is 18.8. The van der Waals surface area contributed by atoms with E-state index in [1.54, 1.807) is 17.0 Å². The van der Waals surface area contributed by atoms with Crippen molar-refractivity contribution in [2.45, 2.75) is 45.9 Å². The van der Waals surface area contributed by atoms with Gasteiger partial charge in [-0.25, -0.2) is 0 Å². The minimum atomic E-state index is -0.471. The fourth-order valence-electron chi connectivity index (χ4n) is 3.81. The third kappa shape index (κ3) is 3.12. The molecule has 0 unspecified atom stereocenters. The topological polar surface area (TPSA) is 40.6 Å². The lowest BCUT2D eigenvalue weighted by molar-refractivity contribution is -0.132. The molecule has 2 amide bonds. The van der Waals surface area contributed by atoms with Gasteiger partial charge in [0.25, 0.3) is 5.91 Å². The fraction of sp³-hybridized carbons (Fsp3) is 0.364. The number of amides is 2. The third-order valence-electron chi connectivity index (χ3n) is 5.15. The molecule has 1 aliphatic rings. The van der Waals surface area contributed by atoms with E-state index in [0.717, 1.165) is 5.56 Å². The van der Waals surface area contributed by atoms with Crippen molar-refractivity contribution < 1.29 is 9.59 Å². The van der Waals surface area contributed by atoms with Crippen molar-refractivity contribution in [2.75, 3.05) is 0 Å². The maximum atomic E-state index is 13.2. The highest BCUT2D eigenvalue weighted by atomic mass is 16.2. The molecule has 0 saturated carbocycles. The van der Waals surface area contributed by atoms with E-state index in [1.165, 1.54) is 0 Å². The van der Waals surface area contributed by atoms with Gasteiger partial charge in [0.1, 0.15) is 12.2 Å². The Balaban J connectivity index is 1.99. The number of carbonyl (C=O) groups is 2. The summed E-state index contributed by atoms with van der Waals surface area (Å²) < 4.78 is 0. The van der Waals surface area contributed by atoms with E-state index in [1.807, 2.05) is 67.3 Å². The van der Waals surface area contributed by atoms with Gasteiger partial charge in [-0.3, -0.25) is 9.59 Å². The van der Waals surface area contributed by atoms with Crippen molar-refractivity contribution in [2.24, 2.45) is 5.92 Å². The van der Waals surface area contributed by atoms with Crippen molar-refractivity contribution in [3.05, 3.63) is 71.8 Å². The largest absolute Gasteiger partial charge is 0.313 e. The summed E-state index contributed by atoms with van der Waals surface area (Å²) in [5.41, 5.74) is 1.69. The second-order valence-electron chi connectivity index (χ2n) is 7.24. The predicted octanol–water partition coefficient (Wildman–Crippen LogP) is 4.10. The summed E-state index contributed by atoms with van der Waals surface area (Å²) in [6, 6.07) is 18.6. The molecular weight excluding hydrogens is 324 g/mol. The van der Waals surface area contributed by atoms with Gasteiger partial charge in [-0.15, -0.1) is 0 Å². The zero-order valence-electron chi connectivity index (χ0n) is 15.8. The number of nitrogens with zero attached hydrogens (tertiary/aromatic N) is 2. The first-order valence-corrected chi connectivity index (χ1v) is 9.18. The van der Waals surface area contributed by atoms with E-state index in [9.17, 15) is 9.59 Å². The lowest BCUT2D eigenvalue weighted by Gasteiger charge is -2.37. The van der Waals surface area contributed by atoms with E-state index in [4.69, 9.17) is 0 Å². The molecule has 0 aromatic heterocycles. The van der Waals surface area contributed by atoms with Gasteiger partial charge in [-0.2, -0.15) is 0 Å². The first-order valence-electron chi connectivity index (χ1n) is 9.18. The SMILES string of the molecule is CC(C)[C@@H]1N(C(=O)c2ccccc2)[C@@H](C)C(=O)N1[C@@H](C)c1ccccc1. The van der Waals surface area contributed by atoms with E-state index >= 15 is 0 Å². The summed E-state index contributed by atoms with van der Waals surface area (Å²) in [6.45, 7) is 7.99. The van der Waals surface area contributed by atoms with Crippen LogP contribution in [0, 0.1) is 5.92 Å². The van der Waals surface area contributed by atoms with Crippen LogP contribution in [-0.2, 0) is 4.79 Å². The van der Waals surface area contributed by atoms with Crippen molar-refractivity contribution >= 4 is 11.8 Å². The quantitative estimate of drug-likeness (QED) is 0.833. The molecule has 1 aliphatic heterocycles. The molecule has 2 aromatic carbocycles. The fourth-order valence-corrected chi connectivity index (χ4v) is 3.81. The van der Waals surface area contributed by atoms with Crippen molar-refractivity contribution in [3.8, 4) is 0 Å². The van der Waals surface area contributed by atoms with Crippen LogP contribution in [0.15, 0.2) is 60.7 Å². The van der Waals surface area contributed by atoms with E-state index in [2.05, 4.69) is 13.8 Å². The average molecular weight is 350 g/mol. The van der Waals surface area contributed by atoms with Crippen LogP contribution in [-0.4, -0.2) is 33.8 Å². The molecule has 26 heavy (non-hydrogen) atoms. The first kappa shape index (κ1) is 18.2. The molecule has 0 aliphatic carbocycles. The number of rotatable bonds is 4. The summed E-state index contributed by atoms with van der Waals surface area (Å²) in [4.78, 5) is 29.9. The second-order valence-corrected chi connectivity index (χ2v) is 7.24. The van der Waals surface area contributed by atoms with Gasteiger partial charge >= 0.3 is 0 Å². The molecule has 0 bridgehead atoms. The highest BCUT2D eigenvalue weighted by Crippen LogP contribution is 2.35. The lowest BCUT2D eigenvalue weighted by atomic mass is 10.0. The van der Waals surface area contributed by atoms with Crippen LogP contribution in [0.2, 0.25) is 0 Å². The van der Waals surface area contributed by atoms with Crippen LogP contribution in [0.4, 0.5) is 0 Å². The van der Waals surface area contributed by atoms with Crippen molar-refractivity contribution in [3.63, 3.8) is 0 Å². The normalized spacial score (nSPS) is 21.3. The number of benzene rings is 2. The Morgan fingerprint density at radius 3 is 2.00 bits per heavy atom. The van der Waals surface area contributed by atoms with Crippen LogP contribution in [0.3, 0.4) is 0 Å². The Morgan fingerprint density at radius 1 is 0.923 bits per heavy atom. The molecule has 1 heterocycles. The van der Waals surface area contributed by atoms with Crippen molar-refractivity contribution in [1.82, 2.24) is 9.80 Å². The summed E-state index contributed by atoms with van der Waals surface area (Å²) in [5.74, 6) is 0.0416. The number of carbonyl (C=O) groups excluding carboxylic acids is 2. The van der Waals surface area contributed by atoms with Crippen LogP contribution < -0.4 is 0 Å². The standard InChI is InChI=1S/C22H26N2O2/c1-15(2)20-23(16(3)18-11-7-5-8-12-18)21(25)17(4)24(20)22(26)19-13-9-6-10-14-19/h5-17,20H,1-4H3/t16-,17-,20-/m0/s1. The van der Waals surface area contributed by atoms with Crippen LogP contribution in [0.25, 0.3) is 0 Å². The molecule has 4 heteroatoms. The second kappa shape index (κ2) is 7.32. The lowest BCUT2D eigenvalue weighted by Crippen LogP contribution is -2.47. The van der Waals surface area contributed by atoms with Gasteiger partial charge < -0.3 is 9.80 Å². The maximum Gasteiger partial charge on any atom is 0.256 e. The van der Waals surface area contributed by atoms with Gasteiger partial charge in [0, 0.05) is 5.56 Å². The Morgan fingerprint density at radius 2 is 1.46 bits per heavy atom. The predicted molar refractivity (Wildman–Crippen MR) is 102 cm³/mol. The van der Waals surface area contributed by atoms with Gasteiger partial charge in [0.15, 0.2) is 0 Å². The first-order chi connectivity index (χ1) is 12.4. The van der Waals surface area contributed by atoms with Gasteiger partial charge in [0.05, 0.1) is 6.04 Å². The summed E-state index contributed by atoms with van der Waals surface area (Å²) in [7, 11) is 0. The Labute approximate surface area is 155 Å². The van der Waals surface area contributed by atoms with E-state index in [0.29, 0.717) is 5.56 Å². The van der Waals surface area contributed by atoms with Gasteiger partial charge in [0.2, 0.25) is 5.91 Å². The van der Waals surface area contributed by atoms with Crippen molar-refractivity contribution in [1.29, 1.82) is 0 Å². The molecule has 0 spiro atoms. The smallest absolute Gasteiger partial charge is 0.256 e. The maximum absolute atomic E-state index is 13.2. The molecule has 0 radical (unpaired) electrons. The van der Waals surface area contributed by atoms with Crippen LogP contribution in [0.1, 0.15) is 49.7 Å². The monoisotopic (exact) mass is 350 g/mol. The molecule has 3 rings (SSSR count). The Bertz CT molecular complexity index is 773. The molecule has 2 aromatic rings. The summed E-state index contributed by atoms with van der Waals surface area (Å²) in [6.07, 6.45) is -0.264. The van der Waals surface area contributed by atoms with Crippen LogP contribution in [0.5, 0.6) is 0 Å². The molecule has 0 N–H and O–H groups in total.